The lowest BCUT2D eigenvalue weighted by molar-refractivity contribution is -0.141. The number of carboxylic acid groups (broad SMARTS) is 1. The minimum absolute atomic E-state index is 0.138. The Balaban J connectivity index is 2.78. The summed E-state index contributed by atoms with van der Waals surface area (Å²) in [4.78, 5) is 23.4. The summed E-state index contributed by atoms with van der Waals surface area (Å²) in [5.74, 6) is -1.73. The van der Waals surface area contributed by atoms with Crippen LogP contribution < -0.4 is 5.32 Å². The molecular formula is C11H12ClFN2O3. The van der Waals surface area contributed by atoms with Crippen LogP contribution >= 0.6 is 11.6 Å². The highest BCUT2D eigenvalue weighted by molar-refractivity contribution is 6.30. The predicted molar refractivity (Wildman–Crippen MR) is 65.3 cm³/mol. The number of hydrogen-bond donors (Lipinski definition) is 2. The molecule has 2 amide bonds. The van der Waals surface area contributed by atoms with Crippen LogP contribution in [0.4, 0.5) is 14.9 Å². The molecule has 0 aliphatic carbocycles. The van der Waals surface area contributed by atoms with Gasteiger partial charge >= 0.3 is 12.0 Å². The van der Waals surface area contributed by atoms with E-state index in [1.807, 2.05) is 0 Å². The van der Waals surface area contributed by atoms with Gasteiger partial charge in [0.1, 0.15) is 11.9 Å². The summed E-state index contributed by atoms with van der Waals surface area (Å²) in [6, 6.07) is 1.90. The molecule has 0 saturated heterocycles. The fourth-order valence-electron chi connectivity index (χ4n) is 1.18. The van der Waals surface area contributed by atoms with E-state index in [1.54, 1.807) is 0 Å². The largest absolute Gasteiger partial charge is 0.480 e. The second-order valence-electron chi connectivity index (χ2n) is 3.71. The lowest BCUT2D eigenvalue weighted by atomic mass is 10.3. The number of carboxylic acids is 1. The summed E-state index contributed by atoms with van der Waals surface area (Å²) in [7, 11) is 1.33. The Morgan fingerprint density at radius 3 is 2.56 bits per heavy atom. The van der Waals surface area contributed by atoms with Crippen molar-refractivity contribution in [1.29, 1.82) is 0 Å². The smallest absolute Gasteiger partial charge is 0.326 e. The van der Waals surface area contributed by atoms with E-state index in [1.165, 1.54) is 20.0 Å². The second kappa shape index (κ2) is 5.68. The van der Waals surface area contributed by atoms with Crippen molar-refractivity contribution in [2.45, 2.75) is 13.0 Å². The van der Waals surface area contributed by atoms with Gasteiger partial charge in [0.15, 0.2) is 0 Å². The maximum Gasteiger partial charge on any atom is 0.326 e. The van der Waals surface area contributed by atoms with Gasteiger partial charge in [-0.15, -0.1) is 0 Å². The highest BCUT2D eigenvalue weighted by Gasteiger charge is 2.21. The molecule has 98 valence electrons. The fraction of sp³-hybridized carbons (Fsp3) is 0.273. The van der Waals surface area contributed by atoms with Crippen LogP contribution in [0.3, 0.4) is 0 Å². The van der Waals surface area contributed by atoms with Crippen molar-refractivity contribution in [1.82, 2.24) is 4.90 Å². The second-order valence-corrected chi connectivity index (χ2v) is 4.15. The Labute approximate surface area is 108 Å². The molecule has 1 unspecified atom stereocenters. The molecule has 0 radical (unpaired) electrons. The number of benzene rings is 1. The van der Waals surface area contributed by atoms with E-state index in [4.69, 9.17) is 16.7 Å². The first-order valence-corrected chi connectivity index (χ1v) is 5.41. The standard InChI is InChI=1S/C11H12ClFN2O3/c1-6(10(16)17)15(2)11(18)14-9-4-7(12)3-8(13)5-9/h3-6H,1-2H3,(H,14,18)(H,16,17). The van der Waals surface area contributed by atoms with Crippen molar-refractivity contribution in [2.24, 2.45) is 0 Å². The molecule has 0 aromatic heterocycles. The van der Waals surface area contributed by atoms with Gasteiger partial charge in [0, 0.05) is 17.8 Å². The summed E-state index contributed by atoms with van der Waals surface area (Å²) in [5, 5.41) is 11.2. The summed E-state index contributed by atoms with van der Waals surface area (Å²) in [5.41, 5.74) is 0.162. The molecule has 0 spiro atoms. The van der Waals surface area contributed by atoms with Crippen LogP contribution in [-0.4, -0.2) is 35.1 Å². The highest BCUT2D eigenvalue weighted by Crippen LogP contribution is 2.18. The van der Waals surface area contributed by atoms with Crippen LogP contribution in [0.15, 0.2) is 18.2 Å². The van der Waals surface area contributed by atoms with Crippen LogP contribution in [-0.2, 0) is 4.79 Å². The third-order valence-corrected chi connectivity index (χ3v) is 2.59. The van der Waals surface area contributed by atoms with Gasteiger partial charge in [-0.05, 0) is 25.1 Å². The number of carbonyl (C=O) groups is 2. The molecule has 1 rings (SSSR count). The number of amides is 2. The van der Waals surface area contributed by atoms with E-state index in [-0.39, 0.29) is 10.7 Å². The Hall–Kier alpha value is -1.82. The number of urea groups is 1. The Kier molecular flexibility index (Phi) is 4.49. The van der Waals surface area contributed by atoms with Crippen molar-refractivity contribution in [3.63, 3.8) is 0 Å². The molecule has 1 aromatic rings. The number of nitrogens with zero attached hydrogens (tertiary/aromatic N) is 1. The first kappa shape index (κ1) is 14.2. The lowest BCUT2D eigenvalue weighted by Crippen LogP contribution is -2.42. The van der Waals surface area contributed by atoms with Gasteiger partial charge in [-0.2, -0.15) is 0 Å². The number of halogens is 2. The zero-order valence-electron chi connectivity index (χ0n) is 9.78. The Morgan fingerprint density at radius 1 is 1.44 bits per heavy atom. The first-order valence-electron chi connectivity index (χ1n) is 5.04. The lowest BCUT2D eigenvalue weighted by Gasteiger charge is -2.21. The molecule has 1 atom stereocenters. The SMILES string of the molecule is CC(C(=O)O)N(C)C(=O)Nc1cc(F)cc(Cl)c1. The van der Waals surface area contributed by atoms with Gasteiger partial charge in [-0.1, -0.05) is 11.6 Å². The zero-order chi connectivity index (χ0) is 13.9. The number of nitrogens with one attached hydrogen (secondary N) is 1. The number of rotatable bonds is 3. The van der Waals surface area contributed by atoms with Crippen molar-refractivity contribution in [2.75, 3.05) is 12.4 Å². The monoisotopic (exact) mass is 274 g/mol. The number of anilines is 1. The topological polar surface area (TPSA) is 69.6 Å². The maximum atomic E-state index is 13.0. The average molecular weight is 275 g/mol. The molecular weight excluding hydrogens is 263 g/mol. The van der Waals surface area contributed by atoms with Crippen LogP contribution in [0.1, 0.15) is 6.92 Å². The normalized spacial score (nSPS) is 11.8. The molecule has 2 N–H and O–H groups in total. The van der Waals surface area contributed by atoms with Gasteiger partial charge in [0.25, 0.3) is 0 Å². The van der Waals surface area contributed by atoms with Crippen molar-refractivity contribution in [3.05, 3.63) is 29.0 Å². The minimum atomic E-state index is -1.13. The molecule has 0 heterocycles. The molecule has 0 saturated carbocycles. The number of likely N-dealkylation sites (N-methyl/N-ethyl adjacent to an activating group) is 1. The first-order chi connectivity index (χ1) is 8.31. The number of aliphatic carboxylic acids is 1. The third kappa shape index (κ3) is 3.59. The van der Waals surface area contributed by atoms with E-state index < -0.39 is 23.9 Å². The quantitative estimate of drug-likeness (QED) is 0.889. The number of hydrogen-bond acceptors (Lipinski definition) is 2. The van der Waals surface area contributed by atoms with E-state index in [0.717, 1.165) is 17.0 Å². The Bertz CT molecular complexity index is 461. The van der Waals surface area contributed by atoms with E-state index in [0.29, 0.717) is 0 Å². The predicted octanol–water partition coefficient (Wildman–Crippen LogP) is 2.42. The zero-order valence-corrected chi connectivity index (χ0v) is 10.5. The molecule has 0 fully saturated rings. The van der Waals surface area contributed by atoms with Crippen molar-refractivity contribution in [3.8, 4) is 0 Å². The van der Waals surface area contributed by atoms with Gasteiger partial charge in [0.2, 0.25) is 0 Å². The molecule has 18 heavy (non-hydrogen) atoms. The molecule has 0 aliphatic rings. The van der Waals surface area contributed by atoms with Crippen LogP contribution in [0.25, 0.3) is 0 Å². The molecule has 5 nitrogen and oxygen atoms in total. The summed E-state index contributed by atoms with van der Waals surface area (Å²) in [6.07, 6.45) is 0. The van der Waals surface area contributed by atoms with E-state index in [9.17, 15) is 14.0 Å². The molecule has 0 aliphatic heterocycles. The molecule has 7 heteroatoms. The Morgan fingerprint density at radius 2 is 2.06 bits per heavy atom. The van der Waals surface area contributed by atoms with E-state index in [2.05, 4.69) is 5.32 Å². The van der Waals surface area contributed by atoms with Gasteiger partial charge in [-0.25, -0.2) is 14.0 Å². The average Bonchev–Trinajstić information content (AvgIpc) is 2.25. The summed E-state index contributed by atoms with van der Waals surface area (Å²) in [6.45, 7) is 1.36. The molecule has 1 aromatic carbocycles. The fourth-order valence-corrected chi connectivity index (χ4v) is 1.40. The van der Waals surface area contributed by atoms with Crippen LogP contribution in [0.2, 0.25) is 5.02 Å². The maximum absolute atomic E-state index is 13.0. The van der Waals surface area contributed by atoms with E-state index >= 15 is 0 Å². The summed E-state index contributed by atoms with van der Waals surface area (Å²) >= 11 is 5.63. The van der Waals surface area contributed by atoms with Crippen LogP contribution in [0.5, 0.6) is 0 Å². The highest BCUT2D eigenvalue weighted by atomic mass is 35.5. The summed E-state index contributed by atoms with van der Waals surface area (Å²) < 4.78 is 13.0. The van der Waals surface area contributed by atoms with Crippen molar-refractivity contribution >= 4 is 29.3 Å². The van der Waals surface area contributed by atoms with Gasteiger partial charge in [0.05, 0.1) is 0 Å². The number of carbonyl (C=O) groups excluding carboxylic acids is 1. The third-order valence-electron chi connectivity index (χ3n) is 2.37. The van der Waals surface area contributed by atoms with Crippen LogP contribution in [0, 0.1) is 5.82 Å². The minimum Gasteiger partial charge on any atom is -0.480 e. The van der Waals surface area contributed by atoms with Gasteiger partial charge in [-0.3, -0.25) is 0 Å². The van der Waals surface area contributed by atoms with Crippen molar-refractivity contribution < 1.29 is 19.1 Å². The van der Waals surface area contributed by atoms with Gasteiger partial charge < -0.3 is 15.3 Å². The molecule has 0 bridgehead atoms.